The van der Waals surface area contributed by atoms with Crippen molar-refractivity contribution in [2.24, 2.45) is 0 Å². The van der Waals surface area contributed by atoms with Crippen molar-refractivity contribution in [3.05, 3.63) is 82.5 Å². The summed E-state index contributed by atoms with van der Waals surface area (Å²) in [6.07, 6.45) is 4.47. The van der Waals surface area contributed by atoms with Gasteiger partial charge in [-0.25, -0.2) is 9.48 Å². The van der Waals surface area contributed by atoms with Gasteiger partial charge in [0.2, 0.25) is 0 Å². The van der Waals surface area contributed by atoms with Crippen LogP contribution in [0, 0.1) is 10.1 Å². The van der Waals surface area contributed by atoms with Crippen LogP contribution in [-0.2, 0) is 9.53 Å². The molecule has 142 valence electrons. The first-order chi connectivity index (χ1) is 13.4. The third-order valence-electron chi connectivity index (χ3n) is 3.84. The lowest BCUT2D eigenvalue weighted by molar-refractivity contribution is -0.384. The summed E-state index contributed by atoms with van der Waals surface area (Å²) >= 11 is 0. The van der Waals surface area contributed by atoms with E-state index in [9.17, 15) is 14.9 Å². The Kier molecular flexibility index (Phi) is 5.64. The molecule has 0 saturated carbocycles. The van der Waals surface area contributed by atoms with Gasteiger partial charge in [-0.3, -0.25) is 10.1 Å². The third-order valence-corrected chi connectivity index (χ3v) is 3.84. The largest absolute Gasteiger partial charge is 0.460 e. The zero-order valence-corrected chi connectivity index (χ0v) is 15.5. The highest BCUT2D eigenvalue weighted by Gasteiger charge is 2.14. The minimum Gasteiger partial charge on any atom is -0.460 e. The maximum atomic E-state index is 11.9. The van der Waals surface area contributed by atoms with E-state index >= 15 is 0 Å². The number of hydrogen-bond acceptors (Lipinski definition) is 5. The van der Waals surface area contributed by atoms with Gasteiger partial charge < -0.3 is 4.74 Å². The van der Waals surface area contributed by atoms with Gasteiger partial charge in [0.1, 0.15) is 5.69 Å². The quantitative estimate of drug-likeness (QED) is 0.275. The number of benzene rings is 2. The average Bonchev–Trinajstić information content (AvgIpc) is 3.11. The molecule has 0 unspecified atom stereocenters. The van der Waals surface area contributed by atoms with Crippen LogP contribution < -0.4 is 0 Å². The molecular formula is C21H19N3O4. The fourth-order valence-electron chi connectivity index (χ4n) is 2.64. The molecule has 1 aromatic heterocycles. The van der Waals surface area contributed by atoms with E-state index in [0.29, 0.717) is 16.8 Å². The summed E-state index contributed by atoms with van der Waals surface area (Å²) in [5.41, 5.74) is 2.56. The van der Waals surface area contributed by atoms with Crippen LogP contribution in [-0.4, -0.2) is 26.8 Å². The zero-order valence-electron chi connectivity index (χ0n) is 15.5. The van der Waals surface area contributed by atoms with Gasteiger partial charge in [-0.2, -0.15) is 5.10 Å². The smallest absolute Gasteiger partial charge is 0.331 e. The van der Waals surface area contributed by atoms with Crippen LogP contribution in [0.1, 0.15) is 19.4 Å². The molecule has 0 N–H and O–H groups in total. The van der Waals surface area contributed by atoms with Crippen molar-refractivity contribution >= 4 is 17.7 Å². The van der Waals surface area contributed by atoms with Gasteiger partial charge in [0, 0.05) is 35.5 Å². The minimum atomic E-state index is -0.465. The molecule has 0 fully saturated rings. The molecule has 0 bridgehead atoms. The fraction of sp³-hybridized carbons (Fsp3) is 0.143. The van der Waals surface area contributed by atoms with E-state index in [0.717, 1.165) is 5.69 Å². The fourth-order valence-corrected chi connectivity index (χ4v) is 2.64. The molecule has 0 amide bonds. The van der Waals surface area contributed by atoms with Gasteiger partial charge in [0.05, 0.1) is 16.7 Å². The van der Waals surface area contributed by atoms with E-state index in [4.69, 9.17) is 4.74 Å². The van der Waals surface area contributed by atoms with Gasteiger partial charge in [-0.15, -0.1) is 0 Å². The highest BCUT2D eigenvalue weighted by atomic mass is 16.6. The van der Waals surface area contributed by atoms with E-state index in [1.165, 1.54) is 18.2 Å². The lowest BCUT2D eigenvalue weighted by atomic mass is 10.1. The molecule has 2 aromatic carbocycles. The van der Waals surface area contributed by atoms with Gasteiger partial charge in [-0.1, -0.05) is 30.3 Å². The Morgan fingerprint density at radius 1 is 1.18 bits per heavy atom. The van der Waals surface area contributed by atoms with Crippen LogP contribution >= 0.6 is 0 Å². The molecule has 0 spiro atoms. The maximum absolute atomic E-state index is 11.9. The van der Waals surface area contributed by atoms with Gasteiger partial charge in [-0.05, 0) is 32.1 Å². The van der Waals surface area contributed by atoms with Crippen molar-refractivity contribution in [3.8, 4) is 16.9 Å². The van der Waals surface area contributed by atoms with Crippen molar-refractivity contribution < 1.29 is 14.5 Å². The number of esters is 1. The SMILES string of the molecule is CC(C)OC(=O)C=Cc1cn(-c2ccccc2)nc1-c1cccc([N+](=O)[O-])c1. The summed E-state index contributed by atoms with van der Waals surface area (Å²) in [6.45, 7) is 3.54. The predicted octanol–water partition coefficient (Wildman–Crippen LogP) is 4.41. The van der Waals surface area contributed by atoms with E-state index < -0.39 is 10.9 Å². The van der Waals surface area contributed by atoms with Crippen LogP contribution in [0.25, 0.3) is 23.0 Å². The molecule has 3 aromatic rings. The molecule has 0 saturated heterocycles. The number of nitro benzene ring substituents is 1. The van der Waals surface area contributed by atoms with Gasteiger partial charge in [0.25, 0.3) is 5.69 Å². The molecule has 28 heavy (non-hydrogen) atoms. The Hall–Kier alpha value is -3.74. The highest BCUT2D eigenvalue weighted by Crippen LogP contribution is 2.27. The second-order valence-corrected chi connectivity index (χ2v) is 6.34. The average molecular weight is 377 g/mol. The van der Waals surface area contributed by atoms with Crippen LogP contribution in [0.15, 0.2) is 66.9 Å². The minimum absolute atomic E-state index is 0.0269. The van der Waals surface area contributed by atoms with Crippen molar-refractivity contribution in [3.63, 3.8) is 0 Å². The summed E-state index contributed by atoms with van der Waals surface area (Å²) < 4.78 is 6.79. The molecule has 7 nitrogen and oxygen atoms in total. The molecule has 0 radical (unpaired) electrons. The molecule has 0 atom stereocenters. The lowest BCUT2D eigenvalue weighted by Gasteiger charge is -2.03. The molecular weight excluding hydrogens is 358 g/mol. The van der Waals surface area contributed by atoms with E-state index in [2.05, 4.69) is 5.10 Å². The van der Waals surface area contributed by atoms with Crippen molar-refractivity contribution in [2.45, 2.75) is 20.0 Å². The highest BCUT2D eigenvalue weighted by molar-refractivity contribution is 5.89. The number of para-hydroxylation sites is 1. The Bertz CT molecular complexity index is 1020. The lowest BCUT2D eigenvalue weighted by Crippen LogP contribution is -2.08. The maximum Gasteiger partial charge on any atom is 0.331 e. The van der Waals surface area contributed by atoms with Crippen molar-refractivity contribution in [2.75, 3.05) is 0 Å². The van der Waals surface area contributed by atoms with Crippen LogP contribution in [0.4, 0.5) is 5.69 Å². The normalized spacial score (nSPS) is 11.1. The number of carbonyl (C=O) groups excluding carboxylic acids is 1. The first kappa shape index (κ1) is 19.0. The topological polar surface area (TPSA) is 87.3 Å². The Labute approximate surface area is 162 Å². The molecule has 0 aliphatic rings. The number of nitro groups is 1. The molecule has 0 aliphatic heterocycles. The van der Waals surface area contributed by atoms with Crippen molar-refractivity contribution in [1.29, 1.82) is 0 Å². The summed E-state index contributed by atoms with van der Waals surface area (Å²) in [7, 11) is 0. The second-order valence-electron chi connectivity index (χ2n) is 6.34. The Morgan fingerprint density at radius 2 is 1.93 bits per heavy atom. The summed E-state index contributed by atoms with van der Waals surface area (Å²) in [5.74, 6) is -0.465. The van der Waals surface area contributed by atoms with Crippen LogP contribution in [0.2, 0.25) is 0 Å². The van der Waals surface area contributed by atoms with E-state index in [1.54, 1.807) is 42.9 Å². The number of ether oxygens (including phenoxy) is 1. The number of aromatic nitrogens is 2. The number of non-ortho nitro benzene ring substituents is 1. The van der Waals surface area contributed by atoms with Gasteiger partial charge in [0.15, 0.2) is 0 Å². The Balaban J connectivity index is 2.05. The van der Waals surface area contributed by atoms with Gasteiger partial charge >= 0.3 is 5.97 Å². The number of hydrogen-bond donors (Lipinski definition) is 0. The van der Waals surface area contributed by atoms with Crippen molar-refractivity contribution in [1.82, 2.24) is 9.78 Å². The second kappa shape index (κ2) is 8.30. The molecule has 1 heterocycles. The summed E-state index contributed by atoms with van der Waals surface area (Å²) in [5, 5.41) is 15.7. The summed E-state index contributed by atoms with van der Waals surface area (Å²) in [4.78, 5) is 22.5. The molecule has 3 rings (SSSR count). The van der Waals surface area contributed by atoms with E-state index in [-0.39, 0.29) is 11.8 Å². The number of nitrogens with zero attached hydrogens (tertiary/aromatic N) is 3. The zero-order chi connectivity index (χ0) is 20.1. The standard InChI is InChI=1S/C21H19N3O4/c1-15(2)28-20(25)12-11-17-14-23(18-8-4-3-5-9-18)22-21(17)16-7-6-10-19(13-16)24(26)27/h3-15H,1-2H3. The number of carbonyl (C=O) groups is 1. The Morgan fingerprint density at radius 3 is 2.61 bits per heavy atom. The van der Waals surface area contributed by atoms with Crippen LogP contribution in [0.5, 0.6) is 0 Å². The number of rotatable bonds is 6. The molecule has 0 aliphatic carbocycles. The monoisotopic (exact) mass is 377 g/mol. The third kappa shape index (κ3) is 4.50. The predicted molar refractivity (Wildman–Crippen MR) is 106 cm³/mol. The summed E-state index contributed by atoms with van der Waals surface area (Å²) in [6, 6.07) is 15.7. The van der Waals surface area contributed by atoms with Crippen LogP contribution in [0.3, 0.4) is 0 Å². The first-order valence-corrected chi connectivity index (χ1v) is 8.72. The molecule has 7 heteroatoms. The first-order valence-electron chi connectivity index (χ1n) is 8.72. The van der Waals surface area contributed by atoms with E-state index in [1.807, 2.05) is 30.3 Å².